The van der Waals surface area contributed by atoms with Crippen molar-refractivity contribution in [3.8, 4) is 11.5 Å². The number of ether oxygens (including phenoxy) is 2. The van der Waals surface area contributed by atoms with E-state index < -0.39 is 5.91 Å². The molecule has 124 valence electrons. The minimum Gasteiger partial charge on any atom is -0.493 e. The smallest absolute Gasteiger partial charge is 0.255 e. The van der Waals surface area contributed by atoms with Gasteiger partial charge in [-0.25, -0.2) is 0 Å². The van der Waals surface area contributed by atoms with Crippen molar-refractivity contribution in [1.29, 1.82) is 0 Å². The maximum Gasteiger partial charge on any atom is 0.255 e. The first-order chi connectivity index (χ1) is 10.1. The average molecular weight is 394 g/mol. The first kappa shape index (κ1) is 19.1. The van der Waals surface area contributed by atoms with E-state index in [1.807, 2.05) is 12.1 Å². The lowest BCUT2D eigenvalue weighted by molar-refractivity contribution is -0.119. The van der Waals surface area contributed by atoms with Crippen LogP contribution < -0.4 is 20.5 Å². The van der Waals surface area contributed by atoms with Crippen LogP contribution in [0, 0.1) is 0 Å². The van der Waals surface area contributed by atoms with Crippen LogP contribution >= 0.6 is 28.3 Å². The molecule has 0 bridgehead atoms. The molecule has 0 unspecified atom stereocenters. The highest BCUT2D eigenvalue weighted by atomic mass is 79.9. The summed E-state index contributed by atoms with van der Waals surface area (Å²) >= 11 is 3.46. The van der Waals surface area contributed by atoms with Crippen molar-refractivity contribution >= 4 is 34.2 Å². The van der Waals surface area contributed by atoms with Crippen molar-refractivity contribution in [2.75, 3.05) is 13.7 Å². The van der Waals surface area contributed by atoms with Gasteiger partial charge in [0.2, 0.25) is 0 Å². The molecule has 1 amide bonds. The van der Waals surface area contributed by atoms with Gasteiger partial charge in [-0.2, -0.15) is 0 Å². The van der Waals surface area contributed by atoms with Gasteiger partial charge in [0, 0.05) is 12.6 Å². The van der Waals surface area contributed by atoms with Gasteiger partial charge in [0.05, 0.1) is 11.6 Å². The second kappa shape index (κ2) is 9.22. The molecule has 7 heteroatoms. The average Bonchev–Trinajstić information content (AvgIpc) is 2.96. The van der Waals surface area contributed by atoms with E-state index in [2.05, 4.69) is 21.2 Å². The minimum absolute atomic E-state index is 0. The molecule has 0 radical (unpaired) electrons. The number of hydrogen-bond acceptors (Lipinski definition) is 4. The molecule has 3 N–H and O–H groups in total. The fourth-order valence-corrected chi connectivity index (χ4v) is 3.15. The molecular formula is C15H22BrClN2O3. The highest BCUT2D eigenvalue weighted by molar-refractivity contribution is 9.10. The molecule has 0 atom stereocenters. The SMILES string of the molecule is COc1cc(CNC2CCCC2)cc(Br)c1OCC(N)=O.Cl. The quantitative estimate of drug-likeness (QED) is 0.747. The molecule has 1 aromatic rings. The molecule has 2 rings (SSSR count). The van der Waals surface area contributed by atoms with Gasteiger partial charge in [-0.05, 0) is 46.5 Å². The van der Waals surface area contributed by atoms with Crippen LogP contribution in [-0.4, -0.2) is 25.7 Å². The highest BCUT2D eigenvalue weighted by Gasteiger charge is 2.16. The fourth-order valence-electron chi connectivity index (χ4n) is 2.55. The highest BCUT2D eigenvalue weighted by Crippen LogP contribution is 2.36. The van der Waals surface area contributed by atoms with Gasteiger partial charge in [0.1, 0.15) is 0 Å². The number of nitrogens with one attached hydrogen (secondary N) is 1. The zero-order chi connectivity index (χ0) is 15.2. The Hall–Kier alpha value is -0.980. The predicted octanol–water partition coefficient (Wildman–Crippen LogP) is 2.78. The fraction of sp³-hybridized carbons (Fsp3) is 0.533. The molecular weight excluding hydrogens is 372 g/mol. The van der Waals surface area contributed by atoms with Crippen LogP contribution in [0.1, 0.15) is 31.2 Å². The summed E-state index contributed by atoms with van der Waals surface area (Å²) < 4.78 is 11.5. The van der Waals surface area contributed by atoms with Gasteiger partial charge >= 0.3 is 0 Å². The third-order valence-corrected chi connectivity index (χ3v) is 4.19. The van der Waals surface area contributed by atoms with E-state index in [0.29, 0.717) is 17.5 Å². The summed E-state index contributed by atoms with van der Waals surface area (Å²) in [5, 5.41) is 3.55. The zero-order valence-corrected chi connectivity index (χ0v) is 15.0. The number of hydrogen-bond donors (Lipinski definition) is 2. The van der Waals surface area contributed by atoms with Crippen molar-refractivity contribution in [3.63, 3.8) is 0 Å². The van der Waals surface area contributed by atoms with E-state index in [-0.39, 0.29) is 19.0 Å². The molecule has 1 aromatic carbocycles. The molecule has 1 aliphatic rings. The lowest BCUT2D eigenvalue weighted by Crippen LogP contribution is -2.25. The second-order valence-corrected chi connectivity index (χ2v) is 6.08. The van der Waals surface area contributed by atoms with Crippen molar-refractivity contribution in [1.82, 2.24) is 5.32 Å². The Morgan fingerprint density at radius 2 is 2.09 bits per heavy atom. The first-order valence-corrected chi connectivity index (χ1v) is 7.90. The Kier molecular flexibility index (Phi) is 8.00. The Bertz CT molecular complexity index is 508. The van der Waals surface area contributed by atoms with Gasteiger partial charge in [-0.15, -0.1) is 12.4 Å². The minimum atomic E-state index is -0.518. The van der Waals surface area contributed by atoms with Crippen LogP contribution in [0.3, 0.4) is 0 Å². The first-order valence-electron chi connectivity index (χ1n) is 7.11. The second-order valence-electron chi connectivity index (χ2n) is 5.23. The van der Waals surface area contributed by atoms with Crippen molar-refractivity contribution in [3.05, 3.63) is 22.2 Å². The van der Waals surface area contributed by atoms with E-state index >= 15 is 0 Å². The third kappa shape index (κ3) is 5.34. The molecule has 5 nitrogen and oxygen atoms in total. The van der Waals surface area contributed by atoms with Gasteiger partial charge in [-0.3, -0.25) is 4.79 Å². The van der Waals surface area contributed by atoms with E-state index in [1.54, 1.807) is 7.11 Å². The largest absolute Gasteiger partial charge is 0.493 e. The number of primary amides is 1. The summed E-state index contributed by atoms with van der Waals surface area (Å²) in [7, 11) is 1.58. The predicted molar refractivity (Wildman–Crippen MR) is 91.7 cm³/mol. The number of benzene rings is 1. The monoisotopic (exact) mass is 392 g/mol. The van der Waals surface area contributed by atoms with Crippen molar-refractivity contribution in [2.24, 2.45) is 5.73 Å². The van der Waals surface area contributed by atoms with Crippen LogP contribution in [0.15, 0.2) is 16.6 Å². The number of carbonyl (C=O) groups excluding carboxylic acids is 1. The van der Waals surface area contributed by atoms with Crippen LogP contribution in [-0.2, 0) is 11.3 Å². The van der Waals surface area contributed by atoms with E-state index in [4.69, 9.17) is 15.2 Å². The number of rotatable bonds is 7. The molecule has 0 spiro atoms. The molecule has 1 fully saturated rings. The lowest BCUT2D eigenvalue weighted by atomic mass is 10.1. The van der Waals surface area contributed by atoms with Crippen LogP contribution in [0.2, 0.25) is 0 Å². The maximum atomic E-state index is 10.8. The molecule has 1 aliphatic carbocycles. The van der Waals surface area contributed by atoms with Crippen LogP contribution in [0.25, 0.3) is 0 Å². The van der Waals surface area contributed by atoms with E-state index in [1.165, 1.54) is 25.7 Å². The van der Waals surface area contributed by atoms with Crippen LogP contribution in [0.5, 0.6) is 11.5 Å². The molecule has 0 aromatic heterocycles. The van der Waals surface area contributed by atoms with E-state index in [0.717, 1.165) is 16.6 Å². The van der Waals surface area contributed by atoms with Crippen molar-refractivity contribution in [2.45, 2.75) is 38.3 Å². The normalized spacial score (nSPS) is 14.5. The van der Waals surface area contributed by atoms with Crippen molar-refractivity contribution < 1.29 is 14.3 Å². The van der Waals surface area contributed by atoms with Crippen LogP contribution in [0.4, 0.5) is 0 Å². The van der Waals surface area contributed by atoms with Gasteiger partial charge in [0.15, 0.2) is 18.1 Å². The number of amides is 1. The van der Waals surface area contributed by atoms with Gasteiger partial charge < -0.3 is 20.5 Å². The molecule has 0 heterocycles. The van der Waals surface area contributed by atoms with Gasteiger partial charge in [0.25, 0.3) is 5.91 Å². The Morgan fingerprint density at radius 3 is 2.68 bits per heavy atom. The summed E-state index contributed by atoms with van der Waals surface area (Å²) in [6.45, 7) is 0.615. The number of halogens is 2. The lowest BCUT2D eigenvalue weighted by Gasteiger charge is -2.15. The molecule has 22 heavy (non-hydrogen) atoms. The topological polar surface area (TPSA) is 73.6 Å². The number of methoxy groups -OCH3 is 1. The Labute approximate surface area is 145 Å². The van der Waals surface area contributed by atoms with E-state index in [9.17, 15) is 4.79 Å². The number of carbonyl (C=O) groups is 1. The summed E-state index contributed by atoms with van der Waals surface area (Å²) in [6.07, 6.45) is 5.12. The summed E-state index contributed by atoms with van der Waals surface area (Å²) in [5.41, 5.74) is 6.21. The molecule has 0 saturated heterocycles. The molecule has 0 aliphatic heterocycles. The molecule has 1 saturated carbocycles. The zero-order valence-electron chi connectivity index (χ0n) is 12.6. The van der Waals surface area contributed by atoms with Gasteiger partial charge in [-0.1, -0.05) is 12.8 Å². The summed E-state index contributed by atoms with van der Waals surface area (Å²) in [4.78, 5) is 10.8. The number of nitrogens with two attached hydrogens (primary N) is 1. The third-order valence-electron chi connectivity index (χ3n) is 3.60. The maximum absolute atomic E-state index is 10.8. The summed E-state index contributed by atoms with van der Waals surface area (Å²) in [6, 6.07) is 4.50. The Balaban J connectivity index is 0.00000242. The Morgan fingerprint density at radius 1 is 1.41 bits per heavy atom. The standard InChI is InChI=1S/C15H21BrN2O3.ClH/c1-20-13-7-10(8-18-11-4-2-3-5-11)6-12(16)15(13)21-9-14(17)19;/h6-7,11,18H,2-5,8-9H2,1H3,(H2,17,19);1H. The summed E-state index contributed by atoms with van der Waals surface area (Å²) in [5.74, 6) is 0.575.